The highest BCUT2D eigenvalue weighted by Crippen LogP contribution is 2.35. The Bertz CT molecular complexity index is 252. The Morgan fingerprint density at radius 1 is 1.23 bits per heavy atom. The first kappa shape index (κ1) is 10.3. The van der Waals surface area contributed by atoms with Crippen molar-refractivity contribution in [1.29, 1.82) is 0 Å². The number of hydrogen-bond donors (Lipinski definition) is 1. The van der Waals surface area contributed by atoms with Gasteiger partial charge in [0.2, 0.25) is 0 Å². The van der Waals surface area contributed by atoms with Gasteiger partial charge in [0.15, 0.2) is 0 Å². The van der Waals surface area contributed by atoms with Gasteiger partial charge in [-0.15, -0.1) is 0 Å². The third-order valence-corrected chi connectivity index (χ3v) is 2.25. The van der Waals surface area contributed by atoms with Gasteiger partial charge in [0.25, 0.3) is 0 Å². The molecule has 2 heteroatoms. The Balaban J connectivity index is 2.78. The van der Waals surface area contributed by atoms with Crippen LogP contribution in [0.2, 0.25) is 0 Å². The van der Waals surface area contributed by atoms with E-state index < -0.39 is 0 Å². The maximum Gasteiger partial charge on any atom is 0.0524 e. The van der Waals surface area contributed by atoms with Gasteiger partial charge in [-0.3, -0.25) is 5.10 Å². The summed E-state index contributed by atoms with van der Waals surface area (Å²) >= 11 is 0. The quantitative estimate of drug-likeness (QED) is 0.744. The van der Waals surface area contributed by atoms with Crippen LogP contribution in [0.4, 0.5) is 0 Å². The van der Waals surface area contributed by atoms with Crippen molar-refractivity contribution in [3.05, 3.63) is 18.0 Å². The molecule has 1 aromatic rings. The molecule has 0 aliphatic heterocycles. The second-order valence-corrected chi connectivity index (χ2v) is 5.61. The van der Waals surface area contributed by atoms with Crippen LogP contribution in [0.1, 0.15) is 46.6 Å². The van der Waals surface area contributed by atoms with E-state index in [9.17, 15) is 0 Å². The van der Waals surface area contributed by atoms with Crippen LogP contribution < -0.4 is 0 Å². The van der Waals surface area contributed by atoms with Crippen molar-refractivity contribution in [2.45, 2.75) is 46.5 Å². The zero-order valence-electron chi connectivity index (χ0n) is 9.31. The molecule has 0 saturated carbocycles. The van der Waals surface area contributed by atoms with Crippen LogP contribution in [0.3, 0.4) is 0 Å². The molecule has 0 aromatic carbocycles. The van der Waals surface area contributed by atoms with E-state index in [-0.39, 0.29) is 5.41 Å². The maximum absolute atomic E-state index is 3.99. The van der Waals surface area contributed by atoms with E-state index in [0.29, 0.717) is 5.41 Å². The summed E-state index contributed by atoms with van der Waals surface area (Å²) in [7, 11) is 0. The van der Waals surface area contributed by atoms with Crippen LogP contribution in [-0.4, -0.2) is 10.2 Å². The number of nitrogens with one attached hydrogen (secondary N) is 1. The normalized spacial score (nSPS) is 13.3. The van der Waals surface area contributed by atoms with E-state index in [4.69, 9.17) is 0 Å². The molecule has 0 fully saturated rings. The minimum Gasteiger partial charge on any atom is -0.285 e. The molecular formula is C11H20N2. The third-order valence-electron chi connectivity index (χ3n) is 2.25. The van der Waals surface area contributed by atoms with Crippen molar-refractivity contribution >= 4 is 0 Å². The lowest BCUT2D eigenvalue weighted by atomic mass is 9.73. The van der Waals surface area contributed by atoms with Crippen molar-refractivity contribution in [3.8, 4) is 0 Å². The second kappa shape index (κ2) is 3.17. The summed E-state index contributed by atoms with van der Waals surface area (Å²) in [6, 6.07) is 0. The predicted molar refractivity (Wildman–Crippen MR) is 55.7 cm³/mol. The van der Waals surface area contributed by atoms with Crippen molar-refractivity contribution in [1.82, 2.24) is 10.2 Å². The van der Waals surface area contributed by atoms with Gasteiger partial charge < -0.3 is 0 Å². The molecule has 74 valence electrons. The summed E-state index contributed by atoms with van der Waals surface area (Å²) in [5, 5.41) is 6.87. The molecule has 0 saturated heterocycles. The minimum atomic E-state index is 0.214. The fourth-order valence-corrected chi connectivity index (χ4v) is 2.05. The van der Waals surface area contributed by atoms with E-state index in [1.54, 1.807) is 0 Å². The molecule has 0 spiro atoms. The van der Waals surface area contributed by atoms with E-state index in [0.717, 1.165) is 0 Å². The average molecular weight is 180 g/mol. The Labute approximate surface area is 80.7 Å². The van der Waals surface area contributed by atoms with Crippen LogP contribution in [-0.2, 0) is 5.41 Å². The molecule has 2 nitrogen and oxygen atoms in total. The van der Waals surface area contributed by atoms with E-state index >= 15 is 0 Å². The lowest BCUT2D eigenvalue weighted by molar-refractivity contribution is 0.284. The molecule has 0 unspecified atom stereocenters. The van der Waals surface area contributed by atoms with E-state index in [1.165, 1.54) is 12.0 Å². The molecule has 1 N–H and O–H groups in total. The Morgan fingerprint density at radius 3 is 2.23 bits per heavy atom. The van der Waals surface area contributed by atoms with E-state index in [2.05, 4.69) is 44.8 Å². The zero-order valence-corrected chi connectivity index (χ0v) is 9.31. The average Bonchev–Trinajstić information content (AvgIpc) is 2.29. The van der Waals surface area contributed by atoms with Crippen molar-refractivity contribution in [2.75, 3.05) is 0 Å². The predicted octanol–water partition coefficient (Wildman–Crippen LogP) is 3.12. The molecule has 0 radical (unpaired) electrons. The lowest BCUT2D eigenvalue weighted by Crippen LogP contribution is -2.24. The smallest absolute Gasteiger partial charge is 0.0524 e. The summed E-state index contributed by atoms with van der Waals surface area (Å²) in [5.74, 6) is 0. The number of H-pyrrole nitrogens is 1. The molecule has 0 amide bonds. The zero-order chi connectivity index (χ0) is 10.1. The molecular weight excluding hydrogens is 160 g/mol. The monoisotopic (exact) mass is 180 g/mol. The van der Waals surface area contributed by atoms with Gasteiger partial charge in [0, 0.05) is 6.20 Å². The van der Waals surface area contributed by atoms with Gasteiger partial charge in [-0.2, -0.15) is 5.10 Å². The molecule has 0 aliphatic rings. The number of nitrogens with zero attached hydrogens (tertiary/aromatic N) is 1. The fourth-order valence-electron chi connectivity index (χ4n) is 2.05. The van der Waals surface area contributed by atoms with Crippen LogP contribution in [0.5, 0.6) is 0 Å². The number of aromatic amines is 1. The van der Waals surface area contributed by atoms with Gasteiger partial charge in [-0.25, -0.2) is 0 Å². The first-order valence-corrected chi connectivity index (χ1v) is 4.80. The van der Waals surface area contributed by atoms with Crippen molar-refractivity contribution in [2.24, 2.45) is 5.41 Å². The molecule has 0 atom stereocenters. The van der Waals surface area contributed by atoms with Crippen molar-refractivity contribution < 1.29 is 0 Å². The standard InChI is InChI=1S/C11H20N2/c1-10(2,3)8-11(4,5)9-6-12-13-7-9/h6-7H,8H2,1-5H3,(H,12,13). The van der Waals surface area contributed by atoms with Crippen LogP contribution in [0.25, 0.3) is 0 Å². The summed E-state index contributed by atoms with van der Waals surface area (Å²) in [4.78, 5) is 0. The first-order valence-electron chi connectivity index (χ1n) is 4.80. The van der Waals surface area contributed by atoms with Crippen LogP contribution in [0, 0.1) is 5.41 Å². The number of rotatable bonds is 2. The van der Waals surface area contributed by atoms with Crippen LogP contribution in [0.15, 0.2) is 12.4 Å². The second-order valence-electron chi connectivity index (χ2n) is 5.61. The Hall–Kier alpha value is -0.790. The Kier molecular flexibility index (Phi) is 2.51. The summed E-state index contributed by atoms with van der Waals surface area (Å²) in [6.07, 6.45) is 5.08. The summed E-state index contributed by atoms with van der Waals surface area (Å²) in [5.41, 5.74) is 1.87. The minimum absolute atomic E-state index is 0.214. The van der Waals surface area contributed by atoms with Crippen molar-refractivity contribution in [3.63, 3.8) is 0 Å². The highest BCUT2D eigenvalue weighted by atomic mass is 15.1. The van der Waals surface area contributed by atoms with Gasteiger partial charge in [0.05, 0.1) is 6.20 Å². The highest BCUT2D eigenvalue weighted by Gasteiger charge is 2.27. The summed E-state index contributed by atoms with van der Waals surface area (Å²) < 4.78 is 0. The molecule has 1 rings (SSSR count). The largest absolute Gasteiger partial charge is 0.285 e. The van der Waals surface area contributed by atoms with Gasteiger partial charge in [-0.1, -0.05) is 34.6 Å². The topological polar surface area (TPSA) is 28.7 Å². The van der Waals surface area contributed by atoms with Gasteiger partial charge >= 0.3 is 0 Å². The molecule has 1 aromatic heterocycles. The third kappa shape index (κ3) is 2.87. The SMILES string of the molecule is CC(C)(C)CC(C)(C)c1cn[nH]c1. The lowest BCUT2D eigenvalue weighted by Gasteiger charge is -2.31. The first-order chi connectivity index (χ1) is 5.81. The maximum atomic E-state index is 3.99. The highest BCUT2D eigenvalue weighted by molar-refractivity contribution is 5.16. The molecule has 0 aliphatic carbocycles. The van der Waals surface area contributed by atoms with Gasteiger partial charge in [-0.05, 0) is 22.8 Å². The Morgan fingerprint density at radius 2 is 1.85 bits per heavy atom. The van der Waals surface area contributed by atoms with Gasteiger partial charge in [0.1, 0.15) is 0 Å². The number of aromatic nitrogens is 2. The van der Waals surface area contributed by atoms with E-state index in [1.807, 2.05) is 12.4 Å². The molecule has 0 bridgehead atoms. The fraction of sp³-hybridized carbons (Fsp3) is 0.727. The molecule has 1 heterocycles. The summed E-state index contributed by atoms with van der Waals surface area (Å²) in [6.45, 7) is 11.4. The number of hydrogen-bond acceptors (Lipinski definition) is 1. The van der Waals surface area contributed by atoms with Crippen LogP contribution >= 0.6 is 0 Å². The molecule has 13 heavy (non-hydrogen) atoms.